The fourth-order valence-corrected chi connectivity index (χ4v) is 5.65. The number of ketones is 2. The van der Waals surface area contributed by atoms with Crippen LogP contribution in [0.25, 0.3) is 0 Å². The number of imide groups is 1. The van der Waals surface area contributed by atoms with E-state index in [0.717, 1.165) is 4.90 Å². The molecule has 1 spiro atoms. The summed E-state index contributed by atoms with van der Waals surface area (Å²) in [7, 11) is 2.86. The van der Waals surface area contributed by atoms with Crippen LogP contribution in [0.1, 0.15) is 32.4 Å². The molecule has 37 heavy (non-hydrogen) atoms. The zero-order valence-corrected chi connectivity index (χ0v) is 19.8. The number of ether oxygens (including phenoxy) is 3. The molecule has 3 atom stereocenters. The standard InChI is InChI=1S/C28H20FNO7/c1-35-17-11-16(12-18(13-17)36-2)30-26(33)21-22(27(30)34)28(37-23(21)14-7-9-15(29)10-8-14)24(31)19-5-3-4-6-20(19)25(28)32/h3-13,21-23H,1-2H3/t21-,22+,23-/m1/s1. The monoisotopic (exact) mass is 501 g/mol. The normalized spacial score (nSPS) is 23.5. The number of amides is 2. The molecule has 3 aromatic rings. The van der Waals surface area contributed by atoms with E-state index in [1.807, 2.05) is 0 Å². The minimum atomic E-state index is -2.21. The zero-order chi connectivity index (χ0) is 26.1. The Kier molecular flexibility index (Phi) is 5.03. The summed E-state index contributed by atoms with van der Waals surface area (Å²) in [6.07, 6.45) is -1.14. The highest BCUT2D eigenvalue weighted by Crippen LogP contribution is 2.57. The van der Waals surface area contributed by atoms with Crippen molar-refractivity contribution in [3.8, 4) is 11.5 Å². The predicted molar refractivity (Wildman–Crippen MR) is 127 cm³/mol. The van der Waals surface area contributed by atoms with Crippen LogP contribution in [0.15, 0.2) is 66.7 Å². The number of hydrogen-bond acceptors (Lipinski definition) is 7. The number of carbonyl (C=O) groups excluding carboxylic acids is 4. The number of halogens is 1. The molecule has 2 heterocycles. The zero-order valence-electron chi connectivity index (χ0n) is 19.8. The summed E-state index contributed by atoms with van der Waals surface area (Å²) in [5.41, 5.74) is -1.40. The number of hydrogen-bond donors (Lipinski definition) is 0. The largest absolute Gasteiger partial charge is 0.497 e. The Morgan fingerprint density at radius 2 is 1.38 bits per heavy atom. The quantitative estimate of drug-likeness (QED) is 0.398. The average Bonchev–Trinajstić information content (AvgIpc) is 3.48. The molecule has 1 aliphatic carbocycles. The lowest BCUT2D eigenvalue weighted by Crippen LogP contribution is -2.51. The number of nitrogens with zero attached hydrogens (tertiary/aromatic N) is 1. The van der Waals surface area contributed by atoms with Crippen LogP contribution < -0.4 is 14.4 Å². The highest BCUT2D eigenvalue weighted by Gasteiger charge is 2.74. The molecule has 0 aromatic heterocycles. The molecule has 0 N–H and O–H groups in total. The molecule has 3 aliphatic rings. The molecule has 2 saturated heterocycles. The van der Waals surface area contributed by atoms with E-state index in [-0.39, 0.29) is 16.8 Å². The van der Waals surface area contributed by atoms with Gasteiger partial charge in [-0.1, -0.05) is 36.4 Å². The first-order valence-corrected chi connectivity index (χ1v) is 11.5. The van der Waals surface area contributed by atoms with E-state index in [0.29, 0.717) is 17.1 Å². The van der Waals surface area contributed by atoms with Gasteiger partial charge in [0.1, 0.15) is 17.3 Å². The molecule has 9 heteroatoms. The average molecular weight is 501 g/mol. The first-order valence-electron chi connectivity index (χ1n) is 11.5. The summed E-state index contributed by atoms with van der Waals surface area (Å²) < 4.78 is 30.5. The first kappa shape index (κ1) is 23.1. The van der Waals surface area contributed by atoms with E-state index < -0.39 is 52.7 Å². The maximum Gasteiger partial charge on any atom is 0.241 e. The summed E-state index contributed by atoms with van der Waals surface area (Å²) in [5.74, 6) is -5.17. The maximum absolute atomic E-state index is 14.0. The van der Waals surface area contributed by atoms with E-state index in [9.17, 15) is 23.6 Å². The Morgan fingerprint density at radius 1 is 0.811 bits per heavy atom. The van der Waals surface area contributed by atoms with Gasteiger partial charge in [0.05, 0.1) is 37.8 Å². The fourth-order valence-electron chi connectivity index (χ4n) is 5.65. The minimum absolute atomic E-state index is 0.132. The van der Waals surface area contributed by atoms with Crippen molar-refractivity contribution in [1.29, 1.82) is 0 Å². The third-order valence-electron chi connectivity index (χ3n) is 7.31. The van der Waals surface area contributed by atoms with Gasteiger partial charge in [-0.3, -0.25) is 19.2 Å². The molecule has 0 radical (unpaired) electrons. The number of Topliss-reactive ketones (excluding diaryl/α,β-unsaturated/α-hetero) is 2. The van der Waals surface area contributed by atoms with Crippen molar-refractivity contribution in [1.82, 2.24) is 0 Å². The molecular formula is C28H20FNO7. The van der Waals surface area contributed by atoms with Crippen LogP contribution in [0.4, 0.5) is 10.1 Å². The van der Waals surface area contributed by atoms with Crippen molar-refractivity contribution in [2.75, 3.05) is 19.1 Å². The molecule has 6 rings (SSSR count). The van der Waals surface area contributed by atoms with E-state index in [2.05, 4.69) is 0 Å². The fraction of sp³-hybridized carbons (Fsp3) is 0.214. The Morgan fingerprint density at radius 3 is 1.92 bits per heavy atom. The summed E-state index contributed by atoms with van der Waals surface area (Å²) in [4.78, 5) is 56.4. The van der Waals surface area contributed by atoms with Crippen molar-refractivity contribution in [2.24, 2.45) is 11.8 Å². The number of rotatable bonds is 4. The Balaban J connectivity index is 1.54. The summed E-state index contributed by atoms with van der Waals surface area (Å²) >= 11 is 0. The second kappa shape index (κ2) is 8.07. The van der Waals surface area contributed by atoms with Crippen molar-refractivity contribution in [3.05, 3.63) is 89.2 Å². The lowest BCUT2D eigenvalue weighted by molar-refractivity contribution is -0.127. The number of carbonyl (C=O) groups is 4. The lowest BCUT2D eigenvalue weighted by Gasteiger charge is -2.27. The van der Waals surface area contributed by atoms with Crippen LogP contribution in [-0.2, 0) is 14.3 Å². The molecule has 0 bridgehead atoms. The van der Waals surface area contributed by atoms with Crippen molar-refractivity contribution in [3.63, 3.8) is 0 Å². The van der Waals surface area contributed by atoms with Gasteiger partial charge in [0.2, 0.25) is 29.0 Å². The number of benzene rings is 3. The van der Waals surface area contributed by atoms with Gasteiger partial charge in [-0.05, 0) is 17.7 Å². The Bertz CT molecular complexity index is 1440. The molecule has 2 amide bonds. The number of fused-ring (bicyclic) bond motifs is 3. The molecule has 8 nitrogen and oxygen atoms in total. The molecule has 3 aromatic carbocycles. The van der Waals surface area contributed by atoms with Gasteiger partial charge in [-0.15, -0.1) is 0 Å². The predicted octanol–water partition coefficient (Wildman–Crippen LogP) is 3.54. The SMILES string of the molecule is COc1cc(OC)cc(N2C(=O)[C@H]3[C@@H](c4ccc(F)cc4)OC4(C(=O)c5ccccc5C4=O)[C@@H]3C2=O)c1. The highest BCUT2D eigenvalue weighted by atomic mass is 19.1. The van der Waals surface area contributed by atoms with Crippen LogP contribution in [0, 0.1) is 17.7 Å². The molecular weight excluding hydrogens is 481 g/mol. The van der Waals surface area contributed by atoms with Gasteiger partial charge in [0.15, 0.2) is 0 Å². The number of methoxy groups -OCH3 is 2. The third kappa shape index (κ3) is 3.04. The summed E-state index contributed by atoms with van der Waals surface area (Å²) in [6.45, 7) is 0. The topological polar surface area (TPSA) is 99.2 Å². The first-order chi connectivity index (χ1) is 17.8. The molecule has 0 saturated carbocycles. The van der Waals surface area contributed by atoms with Gasteiger partial charge in [0, 0.05) is 29.3 Å². The van der Waals surface area contributed by atoms with E-state index >= 15 is 0 Å². The van der Waals surface area contributed by atoms with E-state index in [1.54, 1.807) is 18.2 Å². The Hall–Kier alpha value is -4.37. The van der Waals surface area contributed by atoms with Crippen LogP contribution >= 0.6 is 0 Å². The van der Waals surface area contributed by atoms with Crippen molar-refractivity contribution < 1.29 is 37.8 Å². The van der Waals surface area contributed by atoms with Gasteiger partial charge in [-0.2, -0.15) is 0 Å². The van der Waals surface area contributed by atoms with Crippen molar-refractivity contribution in [2.45, 2.75) is 11.7 Å². The second-order valence-electron chi connectivity index (χ2n) is 9.12. The van der Waals surface area contributed by atoms with Crippen LogP contribution in [-0.4, -0.2) is 43.2 Å². The number of anilines is 1. The lowest BCUT2D eigenvalue weighted by atomic mass is 9.77. The van der Waals surface area contributed by atoms with E-state index in [1.165, 1.54) is 62.8 Å². The van der Waals surface area contributed by atoms with Crippen molar-refractivity contribution >= 4 is 29.1 Å². The maximum atomic E-state index is 14.0. The van der Waals surface area contributed by atoms with E-state index in [4.69, 9.17) is 14.2 Å². The second-order valence-corrected chi connectivity index (χ2v) is 9.12. The van der Waals surface area contributed by atoms with Crippen LogP contribution in [0.2, 0.25) is 0 Å². The van der Waals surface area contributed by atoms with Gasteiger partial charge >= 0.3 is 0 Å². The molecule has 0 unspecified atom stereocenters. The van der Waals surface area contributed by atoms with Gasteiger partial charge in [-0.25, -0.2) is 9.29 Å². The molecule has 186 valence electrons. The van der Waals surface area contributed by atoms with Crippen LogP contribution in [0.3, 0.4) is 0 Å². The van der Waals surface area contributed by atoms with Gasteiger partial charge < -0.3 is 14.2 Å². The summed E-state index contributed by atoms with van der Waals surface area (Å²) in [5, 5.41) is 0. The van der Waals surface area contributed by atoms with Crippen LogP contribution in [0.5, 0.6) is 11.5 Å². The van der Waals surface area contributed by atoms with Gasteiger partial charge in [0.25, 0.3) is 0 Å². The molecule has 2 fully saturated rings. The minimum Gasteiger partial charge on any atom is -0.497 e. The highest BCUT2D eigenvalue weighted by molar-refractivity contribution is 6.37. The Labute approximate surface area is 210 Å². The smallest absolute Gasteiger partial charge is 0.241 e. The molecule has 2 aliphatic heterocycles. The third-order valence-corrected chi connectivity index (χ3v) is 7.31. The summed E-state index contributed by atoms with van der Waals surface area (Å²) in [6, 6.07) is 16.0.